The van der Waals surface area contributed by atoms with Gasteiger partial charge in [0.15, 0.2) is 5.75 Å². The van der Waals surface area contributed by atoms with Gasteiger partial charge in [-0.1, -0.05) is 6.07 Å². The van der Waals surface area contributed by atoms with Crippen LogP contribution in [0, 0.1) is 0 Å². The molecule has 2 aromatic rings. The summed E-state index contributed by atoms with van der Waals surface area (Å²) in [5.41, 5.74) is 2.51. The standard InChI is InChI=1S/C14H14N2O2/c17-14-8-13(9-15-16-14)18-12-6-5-10-3-1-2-4-11(10)7-12/h5-9H,1-4H2,(H,16,17). The lowest BCUT2D eigenvalue weighted by atomic mass is 9.92. The maximum Gasteiger partial charge on any atom is 0.267 e. The quantitative estimate of drug-likeness (QED) is 0.880. The molecule has 1 aromatic heterocycles. The molecule has 0 spiro atoms. The van der Waals surface area contributed by atoms with Crippen LogP contribution in [0.3, 0.4) is 0 Å². The van der Waals surface area contributed by atoms with Gasteiger partial charge in [-0.25, -0.2) is 5.10 Å². The molecular weight excluding hydrogens is 228 g/mol. The molecule has 0 bridgehead atoms. The van der Waals surface area contributed by atoms with Crippen LogP contribution in [0.25, 0.3) is 0 Å². The fourth-order valence-electron chi connectivity index (χ4n) is 2.32. The molecule has 3 rings (SSSR count). The molecule has 92 valence electrons. The highest BCUT2D eigenvalue weighted by Crippen LogP contribution is 2.27. The highest BCUT2D eigenvalue weighted by molar-refractivity contribution is 5.39. The SMILES string of the molecule is O=c1cc(Oc2ccc3c(c2)CCCC3)cn[nH]1. The molecule has 18 heavy (non-hydrogen) atoms. The molecule has 0 radical (unpaired) electrons. The lowest BCUT2D eigenvalue weighted by molar-refractivity contribution is 0.475. The van der Waals surface area contributed by atoms with Crippen molar-refractivity contribution in [3.63, 3.8) is 0 Å². The zero-order chi connectivity index (χ0) is 12.4. The van der Waals surface area contributed by atoms with Gasteiger partial charge in [-0.05, 0) is 48.9 Å². The highest BCUT2D eigenvalue weighted by atomic mass is 16.5. The summed E-state index contributed by atoms with van der Waals surface area (Å²) >= 11 is 0. The van der Waals surface area contributed by atoms with Gasteiger partial charge in [0.05, 0.1) is 6.20 Å². The van der Waals surface area contributed by atoms with Crippen LogP contribution in [0.4, 0.5) is 0 Å². The minimum atomic E-state index is -0.259. The number of aryl methyl sites for hydroxylation is 2. The Labute approximate surface area is 105 Å². The van der Waals surface area contributed by atoms with Gasteiger partial charge in [-0.2, -0.15) is 5.10 Å². The van der Waals surface area contributed by atoms with Crippen LogP contribution < -0.4 is 10.3 Å². The van der Waals surface area contributed by atoms with E-state index in [1.807, 2.05) is 6.07 Å². The smallest absolute Gasteiger partial charge is 0.267 e. The molecule has 0 atom stereocenters. The normalized spacial score (nSPS) is 14.0. The van der Waals surface area contributed by atoms with Crippen molar-refractivity contribution in [3.8, 4) is 11.5 Å². The molecule has 1 aliphatic carbocycles. The van der Waals surface area contributed by atoms with E-state index in [4.69, 9.17) is 4.74 Å². The summed E-state index contributed by atoms with van der Waals surface area (Å²) in [7, 11) is 0. The number of nitrogens with zero attached hydrogens (tertiary/aromatic N) is 1. The van der Waals surface area contributed by atoms with E-state index in [-0.39, 0.29) is 5.56 Å². The van der Waals surface area contributed by atoms with E-state index in [9.17, 15) is 4.79 Å². The monoisotopic (exact) mass is 242 g/mol. The number of fused-ring (bicyclic) bond motifs is 1. The van der Waals surface area contributed by atoms with Gasteiger partial charge in [0.2, 0.25) is 0 Å². The summed E-state index contributed by atoms with van der Waals surface area (Å²) in [6, 6.07) is 7.53. The molecule has 1 aromatic carbocycles. The van der Waals surface area contributed by atoms with Gasteiger partial charge < -0.3 is 4.74 Å². The minimum Gasteiger partial charge on any atom is -0.455 e. The van der Waals surface area contributed by atoms with E-state index in [0.717, 1.165) is 18.6 Å². The van der Waals surface area contributed by atoms with E-state index >= 15 is 0 Å². The van der Waals surface area contributed by atoms with Crippen LogP contribution in [0.1, 0.15) is 24.0 Å². The fraction of sp³-hybridized carbons (Fsp3) is 0.286. The number of H-pyrrole nitrogens is 1. The number of benzene rings is 1. The molecular formula is C14H14N2O2. The topological polar surface area (TPSA) is 55.0 Å². The van der Waals surface area contributed by atoms with Crippen LogP contribution in [-0.4, -0.2) is 10.2 Å². The summed E-state index contributed by atoms with van der Waals surface area (Å²) in [6.07, 6.45) is 6.28. The third-order valence-electron chi connectivity index (χ3n) is 3.20. The van der Waals surface area contributed by atoms with Crippen LogP contribution in [0.2, 0.25) is 0 Å². The molecule has 1 N–H and O–H groups in total. The molecule has 0 saturated carbocycles. The Bertz CT molecular complexity index is 619. The second kappa shape index (κ2) is 4.64. The Kier molecular flexibility index (Phi) is 2.84. The third-order valence-corrected chi connectivity index (χ3v) is 3.20. The lowest BCUT2D eigenvalue weighted by Crippen LogP contribution is -2.06. The van der Waals surface area contributed by atoms with Crippen molar-refractivity contribution in [1.29, 1.82) is 0 Å². The van der Waals surface area contributed by atoms with E-state index in [1.54, 1.807) is 0 Å². The molecule has 0 saturated heterocycles. The van der Waals surface area contributed by atoms with Gasteiger partial charge in [-0.3, -0.25) is 4.79 Å². The maximum absolute atomic E-state index is 11.1. The molecule has 0 fully saturated rings. The van der Waals surface area contributed by atoms with Crippen LogP contribution in [0.5, 0.6) is 11.5 Å². The summed E-state index contributed by atoms with van der Waals surface area (Å²) < 4.78 is 5.64. The first-order valence-corrected chi connectivity index (χ1v) is 6.16. The van der Waals surface area contributed by atoms with E-state index in [1.165, 1.54) is 36.2 Å². The van der Waals surface area contributed by atoms with Crippen molar-refractivity contribution in [2.24, 2.45) is 0 Å². The maximum atomic E-state index is 11.1. The van der Waals surface area contributed by atoms with E-state index in [2.05, 4.69) is 22.3 Å². The van der Waals surface area contributed by atoms with Crippen molar-refractivity contribution in [2.75, 3.05) is 0 Å². The van der Waals surface area contributed by atoms with Gasteiger partial charge in [0.25, 0.3) is 5.56 Å². The van der Waals surface area contributed by atoms with Gasteiger partial charge in [-0.15, -0.1) is 0 Å². The Morgan fingerprint density at radius 1 is 1.06 bits per heavy atom. The van der Waals surface area contributed by atoms with Crippen LogP contribution in [0.15, 0.2) is 35.3 Å². The summed E-state index contributed by atoms with van der Waals surface area (Å²) in [4.78, 5) is 11.1. The zero-order valence-electron chi connectivity index (χ0n) is 9.98. The molecule has 0 amide bonds. The summed E-state index contributed by atoms with van der Waals surface area (Å²) in [5, 5.41) is 6.03. The largest absolute Gasteiger partial charge is 0.455 e. The number of aromatic nitrogens is 2. The second-order valence-electron chi connectivity index (χ2n) is 4.52. The number of rotatable bonds is 2. The zero-order valence-corrected chi connectivity index (χ0v) is 9.98. The number of hydrogen-bond acceptors (Lipinski definition) is 3. The molecule has 4 nitrogen and oxygen atoms in total. The first-order valence-electron chi connectivity index (χ1n) is 6.16. The predicted octanol–water partition coefficient (Wildman–Crippen LogP) is 2.44. The molecule has 0 unspecified atom stereocenters. The molecule has 0 aliphatic heterocycles. The minimum absolute atomic E-state index is 0.259. The van der Waals surface area contributed by atoms with Crippen molar-refractivity contribution in [3.05, 3.63) is 51.9 Å². The van der Waals surface area contributed by atoms with Gasteiger partial charge in [0, 0.05) is 6.07 Å². The van der Waals surface area contributed by atoms with Gasteiger partial charge >= 0.3 is 0 Å². The molecule has 1 heterocycles. The number of nitrogens with one attached hydrogen (secondary N) is 1. The summed E-state index contributed by atoms with van der Waals surface area (Å²) in [6.45, 7) is 0. The first-order chi connectivity index (χ1) is 8.81. The molecule has 1 aliphatic rings. The highest BCUT2D eigenvalue weighted by Gasteiger charge is 2.10. The van der Waals surface area contributed by atoms with Crippen molar-refractivity contribution in [1.82, 2.24) is 10.2 Å². The van der Waals surface area contributed by atoms with Crippen molar-refractivity contribution >= 4 is 0 Å². The summed E-state index contributed by atoms with van der Waals surface area (Å²) in [5.74, 6) is 1.23. The van der Waals surface area contributed by atoms with Crippen LogP contribution >= 0.6 is 0 Å². The van der Waals surface area contributed by atoms with Gasteiger partial charge in [0.1, 0.15) is 5.75 Å². The molecule has 4 heteroatoms. The number of ether oxygens (including phenoxy) is 1. The lowest BCUT2D eigenvalue weighted by Gasteiger charge is -2.16. The van der Waals surface area contributed by atoms with E-state index in [0.29, 0.717) is 5.75 Å². The first kappa shape index (κ1) is 11.0. The van der Waals surface area contributed by atoms with Crippen molar-refractivity contribution in [2.45, 2.75) is 25.7 Å². The second-order valence-corrected chi connectivity index (χ2v) is 4.52. The Morgan fingerprint density at radius 2 is 1.89 bits per heavy atom. The van der Waals surface area contributed by atoms with Crippen molar-refractivity contribution < 1.29 is 4.74 Å². The Hall–Kier alpha value is -2.10. The van der Waals surface area contributed by atoms with E-state index < -0.39 is 0 Å². The predicted molar refractivity (Wildman–Crippen MR) is 68.0 cm³/mol. The Morgan fingerprint density at radius 3 is 2.72 bits per heavy atom. The Balaban J connectivity index is 1.87. The van der Waals surface area contributed by atoms with Crippen LogP contribution in [-0.2, 0) is 12.8 Å². The number of hydrogen-bond donors (Lipinski definition) is 1. The number of aromatic amines is 1. The third kappa shape index (κ3) is 2.27. The average Bonchev–Trinajstić information content (AvgIpc) is 2.39. The fourth-order valence-corrected chi connectivity index (χ4v) is 2.32. The average molecular weight is 242 g/mol.